The number of hydrogen-bond donors (Lipinski definition) is 2. The van der Waals surface area contributed by atoms with Crippen LogP contribution in [0.2, 0.25) is 0 Å². The maximum absolute atomic E-state index is 8.84. The first-order valence-corrected chi connectivity index (χ1v) is 5.06. The molecule has 0 atom stereocenters. The van der Waals surface area contributed by atoms with Gasteiger partial charge in [-0.15, -0.1) is 0 Å². The van der Waals surface area contributed by atoms with E-state index in [0.29, 0.717) is 17.1 Å². The molecule has 5 heteroatoms. The van der Waals surface area contributed by atoms with E-state index in [1.54, 1.807) is 6.07 Å². The molecule has 1 aliphatic heterocycles. The molecule has 1 aromatic heterocycles. The van der Waals surface area contributed by atoms with Gasteiger partial charge in [-0.1, -0.05) is 0 Å². The first-order chi connectivity index (χ1) is 8.28. The fourth-order valence-electron chi connectivity index (χ4n) is 1.78. The fourth-order valence-corrected chi connectivity index (χ4v) is 1.78. The molecule has 5 nitrogen and oxygen atoms in total. The molecule has 1 aromatic carbocycles. The highest BCUT2D eigenvalue weighted by Crippen LogP contribution is 2.36. The monoisotopic (exact) mass is 227 g/mol. The highest BCUT2D eigenvalue weighted by molar-refractivity contribution is 5.70. The summed E-state index contributed by atoms with van der Waals surface area (Å²) in [6.45, 7) is 0.245. The van der Waals surface area contributed by atoms with Gasteiger partial charge in [0.25, 0.3) is 0 Å². The number of nitrogens with zero attached hydrogens (tertiary/aromatic N) is 1. The Bertz CT molecular complexity index is 625. The van der Waals surface area contributed by atoms with Crippen LogP contribution in [0.3, 0.4) is 0 Å². The van der Waals surface area contributed by atoms with E-state index in [1.165, 1.54) is 0 Å². The first kappa shape index (κ1) is 9.60. The summed E-state index contributed by atoms with van der Waals surface area (Å²) in [4.78, 5) is 2.96. The van der Waals surface area contributed by atoms with E-state index in [2.05, 4.69) is 4.98 Å². The zero-order valence-electron chi connectivity index (χ0n) is 8.86. The number of hydrogen-bond acceptors (Lipinski definition) is 4. The molecular weight excluding hydrogens is 218 g/mol. The van der Waals surface area contributed by atoms with Gasteiger partial charge in [0.1, 0.15) is 11.9 Å². The minimum atomic E-state index is 0.245. The van der Waals surface area contributed by atoms with Crippen molar-refractivity contribution in [2.75, 3.05) is 12.5 Å². The minimum absolute atomic E-state index is 0.245. The van der Waals surface area contributed by atoms with E-state index in [0.717, 1.165) is 17.0 Å². The van der Waals surface area contributed by atoms with Crippen LogP contribution in [0.25, 0.3) is 11.3 Å². The highest BCUT2D eigenvalue weighted by atomic mass is 16.7. The summed E-state index contributed by atoms with van der Waals surface area (Å²) in [6.07, 6.45) is 0. The predicted molar refractivity (Wildman–Crippen MR) is 61.5 cm³/mol. The first-order valence-electron chi connectivity index (χ1n) is 5.06. The number of ether oxygens (including phenoxy) is 2. The molecule has 0 unspecified atom stereocenters. The maximum atomic E-state index is 8.84. The molecule has 0 fully saturated rings. The smallest absolute Gasteiger partial charge is 0.231 e. The van der Waals surface area contributed by atoms with E-state index in [1.807, 2.05) is 24.3 Å². The number of nitrogens with two attached hydrogens (primary N) is 1. The van der Waals surface area contributed by atoms with Gasteiger partial charge in [-0.05, 0) is 24.3 Å². The number of H-pyrrole nitrogens is 1. The number of aromatic nitrogens is 1. The molecule has 0 amide bonds. The topological polar surface area (TPSA) is 84.1 Å². The number of aromatic amines is 1. The average Bonchev–Trinajstić information content (AvgIpc) is 2.93. The lowest BCUT2D eigenvalue weighted by atomic mass is 10.1. The third-order valence-corrected chi connectivity index (χ3v) is 2.65. The second-order valence-corrected chi connectivity index (χ2v) is 3.69. The van der Waals surface area contributed by atoms with Crippen molar-refractivity contribution in [1.82, 2.24) is 4.98 Å². The Morgan fingerprint density at radius 1 is 1.24 bits per heavy atom. The summed E-state index contributed by atoms with van der Waals surface area (Å²) in [7, 11) is 0. The fraction of sp³-hybridized carbons (Fsp3) is 0.0833. The standard InChI is InChI=1S/C12H9N3O2/c13-5-8-3-9(15-12(8)14)7-1-2-10-11(4-7)17-6-16-10/h1-4,15H,6,14H2. The van der Waals surface area contributed by atoms with Crippen molar-refractivity contribution < 1.29 is 9.47 Å². The van der Waals surface area contributed by atoms with Crippen molar-refractivity contribution in [3.8, 4) is 28.8 Å². The molecule has 0 saturated carbocycles. The van der Waals surface area contributed by atoms with Crippen LogP contribution in [-0.2, 0) is 0 Å². The number of anilines is 1. The summed E-state index contributed by atoms with van der Waals surface area (Å²) in [5.74, 6) is 1.81. The minimum Gasteiger partial charge on any atom is -0.454 e. The Kier molecular flexibility index (Phi) is 1.95. The van der Waals surface area contributed by atoms with E-state index in [4.69, 9.17) is 20.5 Å². The zero-order valence-corrected chi connectivity index (χ0v) is 8.86. The summed E-state index contributed by atoms with van der Waals surface area (Å²) >= 11 is 0. The van der Waals surface area contributed by atoms with Gasteiger partial charge in [0.15, 0.2) is 11.5 Å². The van der Waals surface area contributed by atoms with Gasteiger partial charge in [0.05, 0.1) is 5.56 Å². The molecule has 0 radical (unpaired) electrons. The number of nitrogens with one attached hydrogen (secondary N) is 1. The quantitative estimate of drug-likeness (QED) is 0.778. The van der Waals surface area contributed by atoms with Gasteiger partial charge >= 0.3 is 0 Å². The van der Waals surface area contributed by atoms with Crippen LogP contribution in [0.15, 0.2) is 24.3 Å². The molecule has 3 rings (SSSR count). The van der Waals surface area contributed by atoms with Crippen LogP contribution in [0.1, 0.15) is 5.56 Å². The number of rotatable bonds is 1. The molecule has 84 valence electrons. The maximum Gasteiger partial charge on any atom is 0.231 e. The molecule has 2 heterocycles. The largest absolute Gasteiger partial charge is 0.454 e. The molecule has 0 aliphatic carbocycles. The number of benzene rings is 1. The van der Waals surface area contributed by atoms with Crippen molar-refractivity contribution in [2.45, 2.75) is 0 Å². The second kappa shape index (κ2) is 3.46. The van der Waals surface area contributed by atoms with Crippen molar-refractivity contribution in [3.63, 3.8) is 0 Å². The molecule has 0 spiro atoms. The Hall–Kier alpha value is -2.61. The second-order valence-electron chi connectivity index (χ2n) is 3.69. The van der Waals surface area contributed by atoms with Crippen molar-refractivity contribution in [3.05, 3.63) is 29.8 Å². The Morgan fingerprint density at radius 2 is 2.06 bits per heavy atom. The number of nitriles is 1. The Morgan fingerprint density at radius 3 is 2.82 bits per heavy atom. The molecular formula is C12H9N3O2. The van der Waals surface area contributed by atoms with E-state index < -0.39 is 0 Å². The predicted octanol–water partition coefficient (Wildman–Crippen LogP) is 1.86. The van der Waals surface area contributed by atoms with E-state index >= 15 is 0 Å². The lowest BCUT2D eigenvalue weighted by Crippen LogP contribution is -1.92. The lowest BCUT2D eigenvalue weighted by molar-refractivity contribution is 0.174. The molecule has 0 saturated heterocycles. The van der Waals surface area contributed by atoms with Gasteiger partial charge in [0.2, 0.25) is 6.79 Å². The normalized spacial score (nSPS) is 12.4. The Labute approximate surface area is 97.4 Å². The van der Waals surface area contributed by atoms with Crippen LogP contribution in [0.5, 0.6) is 11.5 Å². The van der Waals surface area contributed by atoms with E-state index in [9.17, 15) is 0 Å². The molecule has 0 bridgehead atoms. The van der Waals surface area contributed by atoms with Gasteiger partial charge in [0, 0.05) is 11.3 Å². The van der Waals surface area contributed by atoms with Crippen LogP contribution in [-0.4, -0.2) is 11.8 Å². The van der Waals surface area contributed by atoms with Gasteiger partial charge in [-0.25, -0.2) is 0 Å². The molecule has 2 aromatic rings. The SMILES string of the molecule is N#Cc1cc(-c2ccc3c(c2)OCO3)[nH]c1N. The van der Waals surface area contributed by atoms with Crippen molar-refractivity contribution in [1.29, 1.82) is 5.26 Å². The average molecular weight is 227 g/mol. The van der Waals surface area contributed by atoms with E-state index in [-0.39, 0.29) is 6.79 Å². The molecule has 3 N–H and O–H groups in total. The highest BCUT2D eigenvalue weighted by Gasteiger charge is 2.15. The van der Waals surface area contributed by atoms with Gasteiger partial charge in [-0.2, -0.15) is 5.26 Å². The van der Waals surface area contributed by atoms with Crippen LogP contribution in [0.4, 0.5) is 5.82 Å². The zero-order chi connectivity index (χ0) is 11.8. The summed E-state index contributed by atoms with van der Waals surface area (Å²) in [6, 6.07) is 9.32. The number of fused-ring (bicyclic) bond motifs is 1. The van der Waals surface area contributed by atoms with Gasteiger partial charge < -0.3 is 20.2 Å². The summed E-state index contributed by atoms with van der Waals surface area (Å²) < 4.78 is 10.5. The van der Waals surface area contributed by atoms with Crippen molar-refractivity contribution in [2.24, 2.45) is 0 Å². The van der Waals surface area contributed by atoms with Crippen LogP contribution in [0, 0.1) is 11.3 Å². The molecule has 1 aliphatic rings. The van der Waals surface area contributed by atoms with Crippen LogP contribution >= 0.6 is 0 Å². The summed E-state index contributed by atoms with van der Waals surface area (Å²) in [5.41, 5.74) is 7.80. The van der Waals surface area contributed by atoms with Crippen LogP contribution < -0.4 is 15.2 Å². The molecule has 17 heavy (non-hydrogen) atoms. The third kappa shape index (κ3) is 1.47. The third-order valence-electron chi connectivity index (χ3n) is 2.65. The number of nitrogen functional groups attached to an aromatic ring is 1. The van der Waals surface area contributed by atoms with Gasteiger partial charge in [-0.3, -0.25) is 0 Å². The lowest BCUT2D eigenvalue weighted by Gasteiger charge is -2.00. The Balaban J connectivity index is 2.07. The van der Waals surface area contributed by atoms with Crippen molar-refractivity contribution >= 4 is 5.82 Å². The summed E-state index contributed by atoms with van der Waals surface area (Å²) in [5, 5.41) is 8.84.